The van der Waals surface area contributed by atoms with Crippen LogP contribution in [-0.2, 0) is 32.0 Å². The quantitative estimate of drug-likeness (QED) is 0.137. The molecule has 206 valence electrons. The first kappa shape index (κ1) is 29.2. The van der Waals surface area contributed by atoms with Gasteiger partial charge < -0.3 is 55.1 Å². The zero-order valence-electron chi connectivity index (χ0n) is 17.9. The molecule has 2 saturated heterocycles. The molecule has 1 aromatic rings. The molecule has 3 rings (SSSR count). The highest BCUT2D eigenvalue weighted by molar-refractivity contribution is 7.59. The molecule has 3 heterocycles. The van der Waals surface area contributed by atoms with E-state index in [1.165, 1.54) is 0 Å². The Balaban J connectivity index is 1.61. The maximum Gasteiger partial charge on any atom is 0.330 e. The molecule has 0 radical (unpaired) electrons. The topological polar surface area (TPSA) is 308 Å². The third-order valence-electron chi connectivity index (χ3n) is 5.19. The Morgan fingerprint density at radius 1 is 0.972 bits per heavy atom. The summed E-state index contributed by atoms with van der Waals surface area (Å²) in [6.07, 6.45) is -15.2. The fraction of sp³-hybridized carbons (Fsp3) is 0.733. The Kier molecular flexibility index (Phi) is 9.05. The minimum atomic E-state index is -5.86. The molecule has 21 heteroatoms. The fourth-order valence-corrected chi connectivity index (χ4v) is 5.46. The van der Waals surface area contributed by atoms with Crippen LogP contribution in [0.3, 0.4) is 0 Å². The van der Waals surface area contributed by atoms with Crippen LogP contribution < -0.4 is 26.8 Å². The van der Waals surface area contributed by atoms with Gasteiger partial charge in [0.25, 0.3) is 21.2 Å². The fourth-order valence-electron chi connectivity index (χ4n) is 3.38. The van der Waals surface area contributed by atoms with Gasteiger partial charge in [-0.1, -0.05) is 0 Å². The Morgan fingerprint density at radius 2 is 1.61 bits per heavy atom. The standard InChI is InChI=1S/C15H25N3O16P2/c16-3-5-8(20)10(22)12(24)14(32-5)33-36(28,29)34-35(26,27)30-4-6-9(21)11(23)13(31-6)18-2-1-7(19)17-15(18)25/h1-2,5-6,8-14,20-24H,3-4,16H2,(H,26,27)(H,28,29)(H,17,19,25)/p-2/t5?,6?,8-,9+,10-,11+,12?,13?,14-/m0/s1. The Morgan fingerprint density at radius 3 is 2.22 bits per heavy atom. The monoisotopic (exact) mass is 563 g/mol. The molecular weight excluding hydrogens is 540 g/mol. The number of phosphoric ester groups is 2. The normalized spacial score (nSPS) is 38.4. The smallest absolute Gasteiger partial charge is 0.330 e. The van der Waals surface area contributed by atoms with E-state index in [4.69, 9.17) is 15.2 Å². The van der Waals surface area contributed by atoms with Crippen LogP contribution in [0.4, 0.5) is 0 Å². The summed E-state index contributed by atoms with van der Waals surface area (Å²) in [4.78, 5) is 49.0. The van der Waals surface area contributed by atoms with Crippen LogP contribution in [0, 0.1) is 0 Å². The largest absolute Gasteiger partial charge is 0.756 e. The molecule has 0 saturated carbocycles. The third-order valence-corrected chi connectivity index (χ3v) is 7.72. The molecular formula is C15H23N3O16P2-2. The average Bonchev–Trinajstić information content (AvgIpc) is 3.06. The lowest BCUT2D eigenvalue weighted by molar-refractivity contribution is -0.300. The van der Waals surface area contributed by atoms with Gasteiger partial charge in [0.15, 0.2) is 12.5 Å². The van der Waals surface area contributed by atoms with Crippen molar-refractivity contribution in [1.82, 2.24) is 9.55 Å². The van der Waals surface area contributed by atoms with Gasteiger partial charge in [-0.3, -0.25) is 28.0 Å². The van der Waals surface area contributed by atoms with E-state index in [2.05, 4.69) is 13.4 Å². The molecule has 2 aliphatic heterocycles. The summed E-state index contributed by atoms with van der Waals surface area (Å²) in [5, 5.41) is 49.5. The number of phosphoric acid groups is 2. The van der Waals surface area contributed by atoms with Crippen LogP contribution in [0.15, 0.2) is 21.9 Å². The summed E-state index contributed by atoms with van der Waals surface area (Å²) < 4.78 is 47.4. The molecule has 0 spiro atoms. The zero-order chi connectivity index (χ0) is 27.0. The molecule has 0 aliphatic carbocycles. The second-order valence-corrected chi connectivity index (χ2v) is 10.6. The van der Waals surface area contributed by atoms with Gasteiger partial charge >= 0.3 is 5.69 Å². The second kappa shape index (κ2) is 11.2. The van der Waals surface area contributed by atoms with E-state index < -0.39 is 95.3 Å². The van der Waals surface area contributed by atoms with E-state index in [-0.39, 0.29) is 0 Å². The molecule has 11 atom stereocenters. The molecule has 6 unspecified atom stereocenters. The van der Waals surface area contributed by atoms with Gasteiger partial charge in [-0.05, 0) is 0 Å². The Bertz CT molecular complexity index is 1130. The van der Waals surface area contributed by atoms with E-state index in [1.807, 2.05) is 4.98 Å². The highest BCUT2D eigenvalue weighted by atomic mass is 31.3. The van der Waals surface area contributed by atoms with Crippen LogP contribution in [0.1, 0.15) is 6.23 Å². The number of nitrogens with one attached hydrogen (secondary N) is 1. The highest BCUT2D eigenvalue weighted by Crippen LogP contribution is 2.57. The number of aliphatic hydroxyl groups is 5. The molecule has 36 heavy (non-hydrogen) atoms. The predicted molar refractivity (Wildman–Crippen MR) is 106 cm³/mol. The van der Waals surface area contributed by atoms with E-state index in [1.54, 1.807) is 0 Å². The molecule has 8 N–H and O–H groups in total. The predicted octanol–water partition coefficient (Wildman–Crippen LogP) is -6.09. The first-order valence-electron chi connectivity index (χ1n) is 10.0. The lowest BCUT2D eigenvalue weighted by atomic mass is 9.99. The first-order chi connectivity index (χ1) is 16.7. The summed E-state index contributed by atoms with van der Waals surface area (Å²) in [7, 11) is -11.6. The summed E-state index contributed by atoms with van der Waals surface area (Å²) in [5.74, 6) is 0. The number of nitrogens with zero attached hydrogens (tertiary/aromatic N) is 1. The molecule has 0 aromatic carbocycles. The summed E-state index contributed by atoms with van der Waals surface area (Å²) in [6.45, 7) is -1.53. The third kappa shape index (κ3) is 6.54. The first-order valence-corrected chi connectivity index (χ1v) is 13.0. The van der Waals surface area contributed by atoms with E-state index >= 15 is 0 Å². The molecule has 0 bridgehead atoms. The van der Waals surface area contributed by atoms with Crippen LogP contribution in [0.5, 0.6) is 0 Å². The van der Waals surface area contributed by atoms with Gasteiger partial charge in [0.1, 0.15) is 42.7 Å². The Labute approximate surface area is 200 Å². The van der Waals surface area contributed by atoms with Crippen LogP contribution in [0.25, 0.3) is 0 Å². The van der Waals surface area contributed by atoms with E-state index in [0.717, 1.165) is 12.3 Å². The number of ether oxygens (including phenoxy) is 2. The average molecular weight is 563 g/mol. The number of aliphatic hydroxyl groups excluding tert-OH is 5. The molecule has 2 fully saturated rings. The van der Waals surface area contributed by atoms with Gasteiger partial charge in [0, 0.05) is 18.8 Å². The van der Waals surface area contributed by atoms with Gasteiger partial charge in [-0.15, -0.1) is 0 Å². The van der Waals surface area contributed by atoms with Crippen LogP contribution in [0.2, 0.25) is 0 Å². The van der Waals surface area contributed by atoms with Gasteiger partial charge in [-0.25, -0.2) is 9.11 Å². The Hall–Kier alpha value is -1.38. The van der Waals surface area contributed by atoms with Gasteiger partial charge in [-0.2, -0.15) is 0 Å². The number of nitrogens with two attached hydrogens (primary N) is 1. The minimum absolute atomic E-state index is 0.431. The summed E-state index contributed by atoms with van der Waals surface area (Å²) in [5.41, 5.74) is 3.53. The lowest BCUT2D eigenvalue weighted by Gasteiger charge is -2.42. The number of hydrogen-bond donors (Lipinski definition) is 7. The second-order valence-electron chi connectivity index (χ2n) is 7.69. The zero-order valence-corrected chi connectivity index (χ0v) is 19.7. The van der Waals surface area contributed by atoms with Crippen molar-refractivity contribution in [3.8, 4) is 0 Å². The SMILES string of the molecule is NCC1O[C@@H](OP(=O)([O-])OP(=O)([O-])OCC2OC(n3ccc(=O)[nH]c3=O)[C@H](O)[C@@H]2O)C(O)[C@@H](O)[C@H]1O. The van der Waals surface area contributed by atoms with Crippen molar-refractivity contribution in [1.29, 1.82) is 0 Å². The number of H-pyrrole nitrogens is 1. The van der Waals surface area contributed by atoms with Crippen LogP contribution in [-0.4, -0.2) is 97.3 Å². The van der Waals surface area contributed by atoms with Crippen molar-refractivity contribution in [2.45, 2.75) is 55.2 Å². The minimum Gasteiger partial charge on any atom is -0.756 e. The van der Waals surface area contributed by atoms with Crippen molar-refractivity contribution >= 4 is 15.6 Å². The molecule has 19 nitrogen and oxygen atoms in total. The van der Waals surface area contributed by atoms with Crippen molar-refractivity contribution in [2.75, 3.05) is 13.2 Å². The molecule has 0 amide bonds. The van der Waals surface area contributed by atoms with Crippen LogP contribution >= 0.6 is 15.6 Å². The number of aromatic nitrogens is 2. The van der Waals surface area contributed by atoms with Crippen molar-refractivity contribution in [2.24, 2.45) is 5.73 Å². The van der Waals surface area contributed by atoms with E-state index in [9.17, 15) is 54.0 Å². The maximum atomic E-state index is 12.0. The summed E-state index contributed by atoms with van der Waals surface area (Å²) >= 11 is 0. The number of aromatic amines is 1. The van der Waals surface area contributed by atoms with Crippen molar-refractivity contribution in [3.63, 3.8) is 0 Å². The highest BCUT2D eigenvalue weighted by Gasteiger charge is 2.46. The number of hydrogen-bond acceptors (Lipinski definition) is 17. The van der Waals surface area contributed by atoms with Crippen molar-refractivity contribution in [3.05, 3.63) is 33.1 Å². The van der Waals surface area contributed by atoms with Crippen molar-refractivity contribution < 1.29 is 67.3 Å². The molecule has 1 aromatic heterocycles. The lowest BCUT2D eigenvalue weighted by Crippen LogP contribution is -2.59. The van der Waals surface area contributed by atoms with E-state index in [0.29, 0.717) is 4.57 Å². The van der Waals surface area contributed by atoms with Gasteiger partial charge in [0.05, 0.1) is 6.61 Å². The number of rotatable bonds is 9. The molecule has 2 aliphatic rings. The van der Waals surface area contributed by atoms with Gasteiger partial charge in [0.2, 0.25) is 0 Å². The maximum absolute atomic E-state index is 12.0. The summed E-state index contributed by atoms with van der Waals surface area (Å²) in [6, 6.07) is 0.918.